The van der Waals surface area contributed by atoms with Gasteiger partial charge in [-0.1, -0.05) is 84.9 Å². The molecule has 6 nitrogen and oxygen atoms in total. The minimum absolute atomic E-state index is 0.258. The maximum atomic E-state index is 12.1. The molecule has 1 N–H and O–H groups in total. The fourth-order valence-corrected chi connectivity index (χ4v) is 11.0. The minimum Gasteiger partial charge on any atom is -0.480 e. The minimum atomic E-state index is -0.838. The van der Waals surface area contributed by atoms with Crippen molar-refractivity contribution in [2.75, 3.05) is 18.0 Å². The lowest BCUT2D eigenvalue weighted by Crippen LogP contribution is -2.39. The molecule has 53 heavy (non-hydrogen) atoms. The van der Waals surface area contributed by atoms with E-state index in [1.54, 1.807) is 6.92 Å². The van der Waals surface area contributed by atoms with Gasteiger partial charge in [-0.2, -0.15) is 0 Å². The number of ether oxygens (including phenoxy) is 1. The predicted octanol–water partition coefficient (Wildman–Crippen LogP) is 10.0. The van der Waals surface area contributed by atoms with Crippen molar-refractivity contribution in [1.29, 1.82) is 0 Å². The molecule has 7 heteroatoms. The van der Waals surface area contributed by atoms with Crippen LogP contribution in [0.2, 0.25) is 0 Å². The third kappa shape index (κ3) is 7.13. The largest absolute Gasteiger partial charge is 0.480 e. The first-order valence-electron chi connectivity index (χ1n) is 19.7. The van der Waals surface area contributed by atoms with Gasteiger partial charge in [0.05, 0.1) is 17.4 Å². The molecule has 4 aromatic carbocycles. The van der Waals surface area contributed by atoms with Gasteiger partial charge in [-0.15, -0.1) is 0 Å². The number of benzene rings is 4. The number of carboxylic acid groups (broad SMARTS) is 1. The smallest absolute Gasteiger partial charge is 0.326 e. The number of hydrogen-bond acceptors (Lipinski definition) is 5. The van der Waals surface area contributed by atoms with Crippen LogP contribution in [-0.4, -0.2) is 68.2 Å². The molecule has 0 radical (unpaired) electrons. The molecular formula is C46H52N3O3S+. The van der Waals surface area contributed by atoms with Gasteiger partial charge in [0, 0.05) is 24.3 Å². The summed E-state index contributed by atoms with van der Waals surface area (Å²) in [6.45, 7) is 8.26. The molecule has 4 aromatic rings. The maximum absolute atomic E-state index is 12.1. The van der Waals surface area contributed by atoms with Crippen LogP contribution in [-0.2, 0) is 9.53 Å². The summed E-state index contributed by atoms with van der Waals surface area (Å²) >= 11 is 2.06. The van der Waals surface area contributed by atoms with Gasteiger partial charge in [0.15, 0.2) is 11.9 Å². The van der Waals surface area contributed by atoms with Gasteiger partial charge in [0.1, 0.15) is 18.7 Å². The quantitative estimate of drug-likeness (QED) is 0.164. The molecule has 0 spiro atoms. The monoisotopic (exact) mass is 726 g/mol. The number of likely N-dealkylation sites (N-methyl/N-ethyl adjacent to an activating group) is 1. The predicted molar refractivity (Wildman–Crippen MR) is 217 cm³/mol. The summed E-state index contributed by atoms with van der Waals surface area (Å²) in [6.07, 6.45) is 9.50. The zero-order valence-electron chi connectivity index (χ0n) is 31.2. The number of rotatable bonds is 10. The van der Waals surface area contributed by atoms with Crippen molar-refractivity contribution in [3.05, 3.63) is 132 Å². The van der Waals surface area contributed by atoms with Gasteiger partial charge in [0.25, 0.3) is 0 Å². The summed E-state index contributed by atoms with van der Waals surface area (Å²) in [5.74, 6) is 1.25. The number of aliphatic carboxylic acids is 1. The molecule has 0 aromatic heterocycles. The Hall–Kier alpha value is -4.49. The van der Waals surface area contributed by atoms with Gasteiger partial charge in [-0.25, -0.2) is 9.37 Å². The third-order valence-corrected chi connectivity index (χ3v) is 13.7. The molecule has 2 heterocycles. The van der Waals surface area contributed by atoms with Crippen molar-refractivity contribution in [1.82, 2.24) is 4.90 Å². The van der Waals surface area contributed by atoms with Crippen LogP contribution in [0, 0.1) is 0 Å². The molecule has 8 rings (SSSR count). The Morgan fingerprint density at radius 1 is 0.830 bits per heavy atom. The normalized spacial score (nSPS) is 26.5. The van der Waals surface area contributed by atoms with Crippen LogP contribution in [0.4, 0.5) is 11.4 Å². The molecule has 2 aliphatic heterocycles. The average Bonchev–Trinajstić information content (AvgIpc) is 3.74. The van der Waals surface area contributed by atoms with Gasteiger partial charge in [-0.3, -0.25) is 0 Å². The summed E-state index contributed by atoms with van der Waals surface area (Å²) in [4.78, 5) is 16.5. The van der Waals surface area contributed by atoms with Gasteiger partial charge < -0.3 is 19.6 Å². The molecule has 1 saturated heterocycles. The fraction of sp³-hybridized carbons (Fsp3) is 0.391. The Kier molecular flexibility index (Phi) is 10.4. The number of nitrogens with zero attached hydrogens (tertiary/aromatic N) is 3. The van der Waals surface area contributed by atoms with Crippen molar-refractivity contribution < 1.29 is 19.2 Å². The molecule has 7 unspecified atom stereocenters. The molecule has 2 saturated carbocycles. The number of thioether (sulfide) groups is 1. The van der Waals surface area contributed by atoms with E-state index in [-0.39, 0.29) is 6.10 Å². The van der Waals surface area contributed by atoms with Gasteiger partial charge >= 0.3 is 5.97 Å². The summed E-state index contributed by atoms with van der Waals surface area (Å²) in [5.41, 5.74) is 7.14. The second kappa shape index (κ2) is 15.5. The highest BCUT2D eigenvalue weighted by molar-refractivity contribution is 8.14. The van der Waals surface area contributed by atoms with E-state index in [0.29, 0.717) is 29.2 Å². The Bertz CT molecular complexity index is 1950. The highest BCUT2D eigenvalue weighted by Crippen LogP contribution is 2.46. The van der Waals surface area contributed by atoms with Crippen molar-refractivity contribution in [2.24, 2.45) is 0 Å². The standard InChI is InChI=1S/C46H51N3O3S/c1-4-47-40-28-36(34-18-16-33(17-19-34)32-12-8-6-9-13-32)22-26-42(40)52-44(47)30-45-48(5-2)41-29-37(23-27-43(41)53-45)35-20-24-39(25-21-35)49(31(3)46(50)51)38-14-10-7-11-15-38/h6-21,24-25,30-31,36-37,40-43H,4-5,22-23,26-29H2,1-3H3/p+1. The Labute approximate surface area is 319 Å². The SMILES string of the molecule is CCN1/C(=C/C2=[N+](CC)C3CC(c4ccc(N(c5ccccc5)C(C)C(=O)O)cc4)CCC3S2)OC2CCC(c3ccc(-c4ccccc4)cc3)CC21. The third-order valence-electron chi connectivity index (χ3n) is 12.3. The summed E-state index contributed by atoms with van der Waals surface area (Å²) in [7, 11) is 0. The number of carboxylic acids is 1. The Morgan fingerprint density at radius 3 is 2.09 bits per heavy atom. The molecule has 3 fully saturated rings. The van der Waals surface area contributed by atoms with E-state index < -0.39 is 12.0 Å². The van der Waals surface area contributed by atoms with Crippen LogP contribution in [0.5, 0.6) is 0 Å². The number of fused-ring (bicyclic) bond motifs is 2. The molecule has 274 valence electrons. The maximum Gasteiger partial charge on any atom is 0.326 e. The van der Waals surface area contributed by atoms with E-state index >= 15 is 0 Å². The van der Waals surface area contributed by atoms with Gasteiger partial charge in [-0.05, 0) is 123 Å². The molecular weight excluding hydrogens is 675 g/mol. The van der Waals surface area contributed by atoms with Crippen LogP contribution in [0.25, 0.3) is 11.1 Å². The zero-order chi connectivity index (χ0) is 36.5. The molecule has 7 atom stereocenters. The molecule has 0 bridgehead atoms. The number of para-hydroxylation sites is 1. The number of carbonyl (C=O) groups is 1. The average molecular weight is 727 g/mol. The highest BCUT2D eigenvalue weighted by atomic mass is 32.2. The van der Waals surface area contributed by atoms with E-state index in [1.807, 2.05) is 35.2 Å². The Morgan fingerprint density at radius 2 is 1.43 bits per heavy atom. The van der Waals surface area contributed by atoms with Gasteiger partial charge in [0.2, 0.25) is 5.04 Å². The summed E-state index contributed by atoms with van der Waals surface area (Å²) in [6, 6.07) is 38.7. The summed E-state index contributed by atoms with van der Waals surface area (Å²) < 4.78 is 9.45. The van der Waals surface area contributed by atoms with Crippen LogP contribution in [0.15, 0.2) is 121 Å². The number of anilines is 2. The van der Waals surface area contributed by atoms with Crippen LogP contribution in [0.1, 0.15) is 82.3 Å². The van der Waals surface area contributed by atoms with E-state index in [1.165, 1.54) is 40.1 Å². The second-order valence-electron chi connectivity index (χ2n) is 15.2. The first kappa shape index (κ1) is 35.5. The Balaban J connectivity index is 0.965. The van der Waals surface area contributed by atoms with Crippen molar-refractivity contribution in [3.63, 3.8) is 0 Å². The number of hydrogen-bond donors (Lipinski definition) is 1. The molecule has 0 amide bonds. The highest BCUT2D eigenvalue weighted by Gasteiger charge is 2.48. The second-order valence-corrected chi connectivity index (χ2v) is 16.4. The topological polar surface area (TPSA) is 56.0 Å². The fourth-order valence-electron chi connectivity index (χ4n) is 9.45. The summed E-state index contributed by atoms with van der Waals surface area (Å²) in [5, 5.41) is 11.8. The lowest BCUT2D eigenvalue weighted by atomic mass is 9.79. The van der Waals surface area contributed by atoms with Crippen molar-refractivity contribution in [3.8, 4) is 11.1 Å². The van der Waals surface area contributed by atoms with E-state index in [0.717, 1.165) is 56.0 Å². The van der Waals surface area contributed by atoms with Crippen LogP contribution < -0.4 is 4.90 Å². The van der Waals surface area contributed by atoms with E-state index in [9.17, 15) is 9.90 Å². The first-order chi connectivity index (χ1) is 25.9. The van der Waals surface area contributed by atoms with E-state index in [4.69, 9.17) is 4.74 Å². The van der Waals surface area contributed by atoms with E-state index in [2.05, 4.69) is 120 Å². The zero-order valence-corrected chi connectivity index (χ0v) is 32.0. The lowest BCUT2D eigenvalue weighted by Gasteiger charge is -2.34. The molecule has 2 aliphatic carbocycles. The van der Waals surface area contributed by atoms with Crippen molar-refractivity contribution >= 4 is 34.1 Å². The van der Waals surface area contributed by atoms with Crippen LogP contribution in [0.3, 0.4) is 0 Å². The first-order valence-corrected chi connectivity index (χ1v) is 20.6. The van der Waals surface area contributed by atoms with Crippen LogP contribution >= 0.6 is 11.8 Å². The van der Waals surface area contributed by atoms with Crippen molar-refractivity contribution in [2.45, 2.75) is 101 Å². The molecule has 4 aliphatic rings. The lowest BCUT2D eigenvalue weighted by molar-refractivity contribution is -0.559.